The Kier molecular flexibility index (Phi) is 3.48. The first kappa shape index (κ1) is 12.4. The maximum atomic E-state index is 8.08. The van der Waals surface area contributed by atoms with Crippen LogP contribution in [0.25, 0.3) is 0 Å². The molecule has 0 aromatic rings. The molecule has 0 unspecified atom stereocenters. The van der Waals surface area contributed by atoms with Crippen molar-refractivity contribution in [3.63, 3.8) is 0 Å². The lowest BCUT2D eigenvalue weighted by atomic mass is 9.75. The zero-order valence-electron chi connectivity index (χ0n) is 10.1. The van der Waals surface area contributed by atoms with Crippen LogP contribution in [-0.4, -0.2) is 5.71 Å². The van der Waals surface area contributed by atoms with Crippen LogP contribution in [0.15, 0.2) is 11.6 Å². The van der Waals surface area contributed by atoms with E-state index in [2.05, 4.69) is 47.6 Å². The van der Waals surface area contributed by atoms with Gasteiger partial charge in [-0.1, -0.05) is 47.6 Å². The smallest absolute Gasteiger partial charge is 0.0401 e. The predicted molar refractivity (Wildman–Crippen MR) is 60.4 cm³/mol. The molecule has 0 saturated heterocycles. The lowest BCUT2D eigenvalue weighted by Gasteiger charge is -2.30. The van der Waals surface area contributed by atoms with Crippen LogP contribution >= 0.6 is 0 Å². The second-order valence-corrected chi connectivity index (χ2v) is 5.58. The first-order valence-electron chi connectivity index (χ1n) is 4.87. The Labute approximate surface area is 82.7 Å². The summed E-state index contributed by atoms with van der Waals surface area (Å²) in [6, 6.07) is 0. The molecule has 0 aromatic heterocycles. The van der Waals surface area contributed by atoms with E-state index in [0.29, 0.717) is 0 Å². The average Bonchev–Trinajstić information content (AvgIpc) is 1.83. The van der Waals surface area contributed by atoms with E-state index in [4.69, 9.17) is 5.41 Å². The molecular formula is C12H23N. The van der Waals surface area contributed by atoms with Crippen LogP contribution in [0, 0.1) is 16.2 Å². The molecule has 0 spiro atoms. The van der Waals surface area contributed by atoms with Gasteiger partial charge in [-0.25, -0.2) is 0 Å². The molecule has 0 aliphatic rings. The lowest BCUT2D eigenvalue weighted by Crippen LogP contribution is -2.27. The number of rotatable bonds is 1. The van der Waals surface area contributed by atoms with E-state index in [9.17, 15) is 0 Å². The van der Waals surface area contributed by atoms with Crippen molar-refractivity contribution in [3.05, 3.63) is 11.6 Å². The van der Waals surface area contributed by atoms with E-state index < -0.39 is 0 Å². The van der Waals surface area contributed by atoms with Crippen molar-refractivity contribution in [2.45, 2.75) is 48.5 Å². The fourth-order valence-electron chi connectivity index (χ4n) is 1.36. The summed E-state index contributed by atoms with van der Waals surface area (Å²) < 4.78 is 0. The second kappa shape index (κ2) is 3.65. The van der Waals surface area contributed by atoms with Crippen LogP contribution in [0.5, 0.6) is 0 Å². The van der Waals surface area contributed by atoms with Gasteiger partial charge in [-0.05, 0) is 17.9 Å². The fraction of sp³-hybridized carbons (Fsp3) is 0.750. The van der Waals surface area contributed by atoms with Crippen molar-refractivity contribution in [1.29, 1.82) is 5.41 Å². The van der Waals surface area contributed by atoms with Gasteiger partial charge in [0, 0.05) is 11.1 Å². The Balaban J connectivity index is 4.97. The maximum Gasteiger partial charge on any atom is 0.0401 e. The van der Waals surface area contributed by atoms with Crippen molar-refractivity contribution >= 4 is 5.71 Å². The van der Waals surface area contributed by atoms with Crippen LogP contribution in [0.2, 0.25) is 0 Å². The molecule has 0 radical (unpaired) electrons. The summed E-state index contributed by atoms with van der Waals surface area (Å²) in [5.74, 6) is 0. The minimum absolute atomic E-state index is 0.0465. The molecule has 76 valence electrons. The number of hydrogen-bond donors (Lipinski definition) is 1. The van der Waals surface area contributed by atoms with Crippen LogP contribution in [0.4, 0.5) is 0 Å². The Bertz CT molecular complexity index is 220. The molecule has 0 atom stereocenters. The molecule has 0 bridgehead atoms. The van der Waals surface area contributed by atoms with Gasteiger partial charge in [-0.2, -0.15) is 0 Å². The Morgan fingerprint density at radius 2 is 1.31 bits per heavy atom. The summed E-state index contributed by atoms with van der Waals surface area (Å²) in [6.07, 6.45) is 2.06. The van der Waals surface area contributed by atoms with Crippen molar-refractivity contribution in [3.8, 4) is 0 Å². The van der Waals surface area contributed by atoms with Crippen LogP contribution in [0.3, 0.4) is 0 Å². The molecule has 1 heteroatoms. The highest BCUT2D eigenvalue weighted by Gasteiger charge is 2.27. The van der Waals surface area contributed by atoms with Crippen molar-refractivity contribution < 1.29 is 0 Å². The monoisotopic (exact) mass is 181 g/mol. The second-order valence-electron chi connectivity index (χ2n) is 5.58. The summed E-state index contributed by atoms with van der Waals surface area (Å²) in [6.45, 7) is 14.7. The van der Waals surface area contributed by atoms with Gasteiger partial charge in [0.15, 0.2) is 0 Å². The van der Waals surface area contributed by atoms with Crippen molar-refractivity contribution in [2.75, 3.05) is 0 Å². The van der Waals surface area contributed by atoms with Crippen LogP contribution < -0.4 is 0 Å². The van der Waals surface area contributed by atoms with Crippen molar-refractivity contribution in [1.82, 2.24) is 0 Å². The van der Waals surface area contributed by atoms with E-state index in [0.717, 1.165) is 11.3 Å². The molecule has 0 saturated carbocycles. The fourth-order valence-corrected chi connectivity index (χ4v) is 1.36. The predicted octanol–water partition coefficient (Wildman–Crippen LogP) is 4.04. The molecule has 1 nitrogen and oxygen atoms in total. The van der Waals surface area contributed by atoms with Crippen LogP contribution in [0.1, 0.15) is 48.5 Å². The van der Waals surface area contributed by atoms with Gasteiger partial charge in [-0.3, -0.25) is 0 Å². The van der Waals surface area contributed by atoms with Gasteiger partial charge in [-0.15, -0.1) is 0 Å². The zero-order chi connectivity index (χ0) is 10.9. The third-order valence-corrected chi connectivity index (χ3v) is 2.12. The van der Waals surface area contributed by atoms with Gasteiger partial charge in [0.25, 0.3) is 0 Å². The van der Waals surface area contributed by atoms with Gasteiger partial charge >= 0.3 is 0 Å². The third-order valence-electron chi connectivity index (χ3n) is 2.12. The summed E-state index contributed by atoms with van der Waals surface area (Å²) in [5.41, 5.74) is 1.94. The minimum atomic E-state index is -0.0465. The molecule has 0 aliphatic carbocycles. The Hall–Kier alpha value is -0.590. The molecule has 0 fully saturated rings. The van der Waals surface area contributed by atoms with Gasteiger partial charge in [0.05, 0.1) is 0 Å². The highest BCUT2D eigenvalue weighted by Crippen LogP contribution is 2.32. The molecule has 0 aliphatic heterocycles. The Morgan fingerprint density at radius 1 is 0.923 bits per heavy atom. The molecule has 13 heavy (non-hydrogen) atoms. The summed E-state index contributed by atoms with van der Waals surface area (Å²) in [4.78, 5) is 0. The molecule has 0 amide bonds. The zero-order valence-corrected chi connectivity index (χ0v) is 10.1. The van der Waals surface area contributed by atoms with E-state index >= 15 is 0 Å². The quantitative estimate of drug-likeness (QED) is 0.590. The van der Waals surface area contributed by atoms with E-state index in [1.54, 1.807) is 0 Å². The highest BCUT2D eigenvalue weighted by atomic mass is 14.5. The summed E-state index contributed by atoms with van der Waals surface area (Å²) in [5, 5.41) is 8.08. The first-order chi connectivity index (χ1) is 5.60. The molecule has 0 rings (SSSR count). The molecule has 0 aromatic carbocycles. The van der Waals surface area contributed by atoms with Gasteiger partial charge in [0.2, 0.25) is 0 Å². The van der Waals surface area contributed by atoms with E-state index in [-0.39, 0.29) is 10.8 Å². The minimum Gasteiger partial charge on any atom is -0.304 e. The summed E-state index contributed by atoms with van der Waals surface area (Å²) >= 11 is 0. The normalized spacial score (nSPS) is 14.5. The SMILES string of the molecule is C/C=C(\C(=N)C(C)(C)C)C(C)(C)C. The third kappa shape index (κ3) is 3.33. The standard InChI is InChI=1S/C12H23N/c1-8-9(11(2,3)4)10(13)12(5,6)7/h8,13H,1-7H3/b9-8+,13-10?. The number of hydrogen-bond acceptors (Lipinski definition) is 1. The molecular weight excluding hydrogens is 158 g/mol. The van der Waals surface area contributed by atoms with E-state index in [1.807, 2.05) is 6.92 Å². The van der Waals surface area contributed by atoms with Crippen LogP contribution in [-0.2, 0) is 0 Å². The lowest BCUT2D eigenvalue weighted by molar-refractivity contribution is 0.499. The number of allylic oxidation sites excluding steroid dienone is 2. The molecule has 1 N–H and O–H groups in total. The van der Waals surface area contributed by atoms with Crippen molar-refractivity contribution in [2.24, 2.45) is 10.8 Å². The largest absolute Gasteiger partial charge is 0.304 e. The average molecular weight is 181 g/mol. The Morgan fingerprint density at radius 3 is 1.38 bits per heavy atom. The van der Waals surface area contributed by atoms with E-state index in [1.165, 1.54) is 0 Å². The highest BCUT2D eigenvalue weighted by molar-refractivity contribution is 6.02. The summed E-state index contributed by atoms with van der Waals surface area (Å²) in [7, 11) is 0. The van der Waals surface area contributed by atoms with Gasteiger partial charge < -0.3 is 5.41 Å². The first-order valence-corrected chi connectivity index (χ1v) is 4.87. The van der Waals surface area contributed by atoms with Gasteiger partial charge in [0.1, 0.15) is 0 Å². The maximum absolute atomic E-state index is 8.08. The molecule has 0 heterocycles. The number of nitrogens with one attached hydrogen (secondary N) is 1. The topological polar surface area (TPSA) is 23.9 Å².